The lowest BCUT2D eigenvalue weighted by molar-refractivity contribution is 0.0743. The Balaban J connectivity index is 1.80. The molecule has 138 valence electrons. The fraction of sp³-hybridized carbons (Fsp3) is 0.316. The molecule has 0 saturated carbocycles. The molecule has 2 atom stereocenters. The molecule has 1 heterocycles. The molecule has 2 aromatic rings. The maximum absolute atomic E-state index is 12.8. The maximum atomic E-state index is 12.8. The first-order valence-corrected chi connectivity index (χ1v) is 10.1. The number of amides is 1. The molecule has 0 aliphatic carbocycles. The molecule has 3 rings (SSSR count). The van der Waals surface area contributed by atoms with Crippen LogP contribution in [0.5, 0.6) is 0 Å². The summed E-state index contributed by atoms with van der Waals surface area (Å²) in [5, 5.41) is 0. The van der Waals surface area contributed by atoms with Gasteiger partial charge in [0.25, 0.3) is 15.9 Å². The summed E-state index contributed by atoms with van der Waals surface area (Å²) in [6, 6.07) is 14.8. The second-order valence-corrected chi connectivity index (χ2v) is 8.33. The van der Waals surface area contributed by atoms with Crippen molar-refractivity contribution in [2.45, 2.75) is 24.3 Å². The Morgan fingerprint density at radius 2 is 1.92 bits per heavy atom. The van der Waals surface area contributed by atoms with Crippen molar-refractivity contribution in [3.8, 4) is 0 Å². The average molecular weight is 373 g/mol. The number of nitrogens with one attached hydrogen (secondary N) is 1. The summed E-state index contributed by atoms with van der Waals surface area (Å²) in [5.74, 6) is 0.211. The molecule has 2 unspecified atom stereocenters. The molecule has 2 aromatic carbocycles. The second kappa shape index (κ2) is 7.47. The van der Waals surface area contributed by atoms with Crippen LogP contribution < -0.4 is 10.5 Å². The summed E-state index contributed by atoms with van der Waals surface area (Å²) in [4.78, 5) is 14.8. The van der Waals surface area contributed by atoms with Gasteiger partial charge >= 0.3 is 0 Å². The van der Waals surface area contributed by atoms with Gasteiger partial charge in [-0.15, -0.1) is 0 Å². The monoisotopic (exact) mass is 373 g/mol. The van der Waals surface area contributed by atoms with E-state index in [1.54, 1.807) is 42.5 Å². The highest BCUT2D eigenvalue weighted by molar-refractivity contribution is 7.92. The molecule has 0 spiro atoms. The molecule has 3 N–H and O–H groups in total. The van der Waals surface area contributed by atoms with Gasteiger partial charge in [0.2, 0.25) is 0 Å². The molecule has 6 nitrogen and oxygen atoms in total. The van der Waals surface area contributed by atoms with E-state index < -0.39 is 10.0 Å². The van der Waals surface area contributed by atoms with Gasteiger partial charge in [-0.25, -0.2) is 8.42 Å². The summed E-state index contributed by atoms with van der Waals surface area (Å²) in [6.45, 7) is 3.21. The van der Waals surface area contributed by atoms with Gasteiger partial charge in [0.15, 0.2) is 0 Å². The Kier molecular flexibility index (Phi) is 5.29. The fourth-order valence-corrected chi connectivity index (χ4v) is 4.36. The number of hydrogen-bond acceptors (Lipinski definition) is 4. The number of anilines is 1. The molecular weight excluding hydrogens is 350 g/mol. The second-order valence-electron chi connectivity index (χ2n) is 6.64. The van der Waals surface area contributed by atoms with Crippen LogP contribution >= 0.6 is 0 Å². The van der Waals surface area contributed by atoms with E-state index in [0.29, 0.717) is 30.3 Å². The highest BCUT2D eigenvalue weighted by Crippen LogP contribution is 2.25. The minimum absolute atomic E-state index is 0.103. The molecular formula is C19H23N3O3S. The number of carbonyl (C=O) groups is 1. The molecule has 7 heteroatoms. The molecule has 1 aliphatic rings. The SMILES string of the molecule is CC1CC(CN)CN1C(=O)c1cccc(NS(=O)(=O)c2ccccc2)c1. The van der Waals surface area contributed by atoms with E-state index in [1.807, 2.05) is 11.8 Å². The minimum atomic E-state index is -3.69. The lowest BCUT2D eigenvalue weighted by atomic mass is 10.1. The third-order valence-electron chi connectivity index (χ3n) is 4.67. The van der Waals surface area contributed by atoms with Gasteiger partial charge in [0.05, 0.1) is 4.90 Å². The molecule has 1 aliphatic heterocycles. The van der Waals surface area contributed by atoms with Gasteiger partial charge in [-0.3, -0.25) is 9.52 Å². The van der Waals surface area contributed by atoms with Crippen LogP contribution in [-0.4, -0.2) is 38.4 Å². The van der Waals surface area contributed by atoms with Crippen LogP contribution in [0, 0.1) is 5.92 Å². The van der Waals surface area contributed by atoms with E-state index in [-0.39, 0.29) is 16.8 Å². The molecule has 26 heavy (non-hydrogen) atoms. The number of nitrogens with two attached hydrogens (primary N) is 1. The van der Waals surface area contributed by atoms with Gasteiger partial charge in [-0.05, 0) is 56.1 Å². The van der Waals surface area contributed by atoms with Gasteiger partial charge in [-0.2, -0.15) is 0 Å². The number of benzene rings is 2. The molecule has 0 aromatic heterocycles. The van der Waals surface area contributed by atoms with E-state index in [4.69, 9.17) is 5.73 Å². The molecule has 1 saturated heterocycles. The minimum Gasteiger partial charge on any atom is -0.336 e. The van der Waals surface area contributed by atoms with Gasteiger partial charge < -0.3 is 10.6 Å². The van der Waals surface area contributed by atoms with Crippen molar-refractivity contribution in [3.05, 3.63) is 60.2 Å². The molecule has 1 amide bonds. The Morgan fingerprint density at radius 1 is 1.19 bits per heavy atom. The lowest BCUT2D eigenvalue weighted by Crippen LogP contribution is -2.34. The van der Waals surface area contributed by atoms with Crippen LogP contribution in [0.2, 0.25) is 0 Å². The van der Waals surface area contributed by atoms with Crippen LogP contribution in [0.3, 0.4) is 0 Å². The van der Waals surface area contributed by atoms with Gasteiger partial charge in [0, 0.05) is 23.8 Å². The smallest absolute Gasteiger partial charge is 0.261 e. The van der Waals surface area contributed by atoms with Crippen LogP contribution in [0.4, 0.5) is 5.69 Å². The van der Waals surface area contributed by atoms with E-state index in [9.17, 15) is 13.2 Å². The Bertz CT molecular complexity index is 884. The van der Waals surface area contributed by atoms with Crippen molar-refractivity contribution >= 4 is 21.6 Å². The number of carbonyl (C=O) groups excluding carboxylic acids is 1. The number of nitrogens with zero attached hydrogens (tertiary/aromatic N) is 1. The largest absolute Gasteiger partial charge is 0.336 e. The van der Waals surface area contributed by atoms with Crippen LogP contribution in [0.25, 0.3) is 0 Å². The van der Waals surface area contributed by atoms with Crippen molar-refractivity contribution in [1.29, 1.82) is 0 Å². The van der Waals surface area contributed by atoms with Crippen LogP contribution in [0.1, 0.15) is 23.7 Å². The number of likely N-dealkylation sites (tertiary alicyclic amines) is 1. The van der Waals surface area contributed by atoms with Crippen molar-refractivity contribution in [2.75, 3.05) is 17.8 Å². The van der Waals surface area contributed by atoms with Crippen molar-refractivity contribution in [2.24, 2.45) is 11.7 Å². The zero-order valence-corrected chi connectivity index (χ0v) is 15.4. The highest BCUT2D eigenvalue weighted by atomic mass is 32.2. The Labute approximate surface area is 154 Å². The number of hydrogen-bond donors (Lipinski definition) is 2. The predicted octanol–water partition coefficient (Wildman–Crippen LogP) is 2.30. The normalized spacial score (nSPS) is 20.2. The summed E-state index contributed by atoms with van der Waals surface area (Å²) < 4.78 is 27.4. The zero-order valence-electron chi connectivity index (χ0n) is 14.6. The van der Waals surface area contributed by atoms with E-state index in [2.05, 4.69) is 4.72 Å². The quantitative estimate of drug-likeness (QED) is 0.841. The van der Waals surface area contributed by atoms with E-state index in [0.717, 1.165) is 6.42 Å². The van der Waals surface area contributed by atoms with E-state index in [1.165, 1.54) is 12.1 Å². The van der Waals surface area contributed by atoms with Crippen LogP contribution in [-0.2, 0) is 10.0 Å². The highest BCUT2D eigenvalue weighted by Gasteiger charge is 2.32. The lowest BCUT2D eigenvalue weighted by Gasteiger charge is -2.22. The molecule has 0 bridgehead atoms. The maximum Gasteiger partial charge on any atom is 0.261 e. The predicted molar refractivity (Wildman–Crippen MR) is 101 cm³/mol. The van der Waals surface area contributed by atoms with Gasteiger partial charge in [0.1, 0.15) is 0 Å². The first kappa shape index (κ1) is 18.4. The topological polar surface area (TPSA) is 92.5 Å². The van der Waals surface area contributed by atoms with Crippen molar-refractivity contribution in [3.63, 3.8) is 0 Å². The average Bonchev–Trinajstić information content (AvgIpc) is 3.02. The first-order valence-electron chi connectivity index (χ1n) is 8.59. The third-order valence-corrected chi connectivity index (χ3v) is 6.07. The summed E-state index contributed by atoms with van der Waals surface area (Å²) in [5.41, 5.74) is 6.56. The third kappa shape index (κ3) is 3.89. The fourth-order valence-electron chi connectivity index (χ4n) is 3.29. The van der Waals surface area contributed by atoms with Crippen molar-refractivity contribution in [1.82, 2.24) is 4.90 Å². The standard InChI is InChI=1S/C19H23N3O3S/c1-14-10-15(12-20)13-22(14)19(23)16-6-5-7-17(11-16)21-26(24,25)18-8-3-2-4-9-18/h2-9,11,14-15,21H,10,12-13,20H2,1H3. The molecule has 0 radical (unpaired) electrons. The Morgan fingerprint density at radius 3 is 2.58 bits per heavy atom. The number of rotatable bonds is 5. The summed E-state index contributed by atoms with van der Waals surface area (Å²) in [6.07, 6.45) is 0.891. The van der Waals surface area contributed by atoms with Gasteiger partial charge in [-0.1, -0.05) is 24.3 Å². The summed E-state index contributed by atoms with van der Waals surface area (Å²) >= 11 is 0. The Hall–Kier alpha value is -2.38. The van der Waals surface area contributed by atoms with E-state index >= 15 is 0 Å². The number of sulfonamides is 1. The molecule has 1 fully saturated rings. The zero-order chi connectivity index (χ0) is 18.7. The summed E-state index contributed by atoms with van der Waals surface area (Å²) in [7, 11) is -3.69. The first-order chi connectivity index (χ1) is 12.4. The van der Waals surface area contributed by atoms with Crippen molar-refractivity contribution < 1.29 is 13.2 Å². The van der Waals surface area contributed by atoms with Crippen LogP contribution in [0.15, 0.2) is 59.5 Å².